The number of nitrogens with one attached hydrogen (secondary N) is 2. The zero-order valence-corrected chi connectivity index (χ0v) is 17.7. The van der Waals surface area contributed by atoms with E-state index in [1.54, 1.807) is 20.1 Å². The quantitative estimate of drug-likeness (QED) is 0.450. The number of aromatic nitrogens is 2. The van der Waals surface area contributed by atoms with Crippen molar-refractivity contribution in [2.45, 2.75) is 26.3 Å². The van der Waals surface area contributed by atoms with Crippen molar-refractivity contribution in [2.75, 3.05) is 17.7 Å². The van der Waals surface area contributed by atoms with Crippen LogP contribution in [-0.4, -0.2) is 33.6 Å². The molecule has 0 saturated heterocycles. The lowest BCUT2D eigenvalue weighted by Crippen LogP contribution is -2.24. The first-order valence-electron chi connectivity index (χ1n) is 9.87. The molecule has 2 amide bonds. The topological polar surface area (TPSA) is 128 Å². The zero-order valence-electron chi connectivity index (χ0n) is 17.7. The van der Waals surface area contributed by atoms with Gasteiger partial charge in [0.25, 0.3) is 11.6 Å². The van der Waals surface area contributed by atoms with Crippen molar-refractivity contribution in [1.82, 2.24) is 9.78 Å². The molecule has 10 heteroatoms. The maximum absolute atomic E-state index is 12.7. The number of fused-ring (bicyclic) bond motifs is 1. The largest absolute Gasteiger partial charge is 0.497 e. The lowest BCUT2D eigenvalue weighted by atomic mass is 10.1. The molecule has 164 valence electrons. The molecular formula is C22H21N5O5. The summed E-state index contributed by atoms with van der Waals surface area (Å²) < 4.78 is 6.72. The van der Waals surface area contributed by atoms with Crippen molar-refractivity contribution in [3.05, 3.63) is 63.8 Å². The molecule has 2 heterocycles. The van der Waals surface area contributed by atoms with Gasteiger partial charge in [0.2, 0.25) is 5.91 Å². The highest BCUT2D eigenvalue weighted by Gasteiger charge is 2.36. The summed E-state index contributed by atoms with van der Waals surface area (Å²) in [4.78, 5) is 35.8. The Hall–Kier alpha value is -4.21. The number of carbonyl (C=O) groups is 2. The molecule has 0 aliphatic carbocycles. The Morgan fingerprint density at radius 3 is 2.62 bits per heavy atom. The number of rotatable bonds is 6. The number of methoxy groups -OCH3 is 1. The van der Waals surface area contributed by atoms with E-state index in [9.17, 15) is 19.7 Å². The lowest BCUT2D eigenvalue weighted by molar-refractivity contribution is -0.384. The van der Waals surface area contributed by atoms with Crippen molar-refractivity contribution < 1.29 is 19.2 Å². The molecule has 0 saturated carbocycles. The summed E-state index contributed by atoms with van der Waals surface area (Å²) in [7, 11) is 1.59. The first kappa shape index (κ1) is 21.0. The standard InChI is InChI=1S/C22H21N5O5/c1-12-4-7-15(27(30)31)10-17(12)23-19(28)11-18-22(29)24-21-20(13(2)25-26(18)21)14-5-8-16(32-3)9-6-14/h4-10,18H,11H2,1-3H3,(H,23,28)(H,24,29). The number of anilines is 2. The van der Waals surface area contributed by atoms with Crippen LogP contribution in [0.25, 0.3) is 11.1 Å². The molecule has 1 aliphatic heterocycles. The van der Waals surface area contributed by atoms with E-state index in [1.165, 1.54) is 16.8 Å². The molecule has 2 aromatic carbocycles. The third kappa shape index (κ3) is 3.78. The van der Waals surface area contributed by atoms with Gasteiger partial charge in [-0.25, -0.2) is 4.68 Å². The molecule has 1 atom stereocenters. The summed E-state index contributed by atoms with van der Waals surface area (Å²) >= 11 is 0. The van der Waals surface area contributed by atoms with Crippen LogP contribution < -0.4 is 15.4 Å². The van der Waals surface area contributed by atoms with Gasteiger partial charge in [-0.3, -0.25) is 19.7 Å². The number of amides is 2. The van der Waals surface area contributed by atoms with Gasteiger partial charge in [-0.15, -0.1) is 0 Å². The van der Waals surface area contributed by atoms with Gasteiger partial charge in [-0.1, -0.05) is 18.2 Å². The molecule has 2 N–H and O–H groups in total. The molecule has 10 nitrogen and oxygen atoms in total. The lowest BCUT2D eigenvalue weighted by Gasteiger charge is -2.11. The van der Waals surface area contributed by atoms with Crippen LogP contribution in [0.2, 0.25) is 0 Å². The van der Waals surface area contributed by atoms with Crippen LogP contribution in [0.15, 0.2) is 42.5 Å². The summed E-state index contributed by atoms with van der Waals surface area (Å²) in [6, 6.07) is 10.8. The van der Waals surface area contributed by atoms with E-state index >= 15 is 0 Å². The highest BCUT2D eigenvalue weighted by Crippen LogP contribution is 2.38. The van der Waals surface area contributed by atoms with E-state index in [4.69, 9.17) is 4.74 Å². The summed E-state index contributed by atoms with van der Waals surface area (Å²) in [6.07, 6.45) is -0.163. The molecular weight excluding hydrogens is 414 g/mol. The second kappa shape index (κ2) is 8.14. The molecule has 4 rings (SSSR count). The van der Waals surface area contributed by atoms with Crippen LogP contribution in [0.1, 0.15) is 23.7 Å². The first-order chi connectivity index (χ1) is 15.3. The fourth-order valence-electron chi connectivity index (χ4n) is 3.72. The van der Waals surface area contributed by atoms with Crippen molar-refractivity contribution in [2.24, 2.45) is 0 Å². The summed E-state index contributed by atoms with van der Waals surface area (Å²) in [5.41, 5.74) is 3.24. The second-order valence-corrected chi connectivity index (χ2v) is 7.50. The number of ether oxygens (including phenoxy) is 1. The Morgan fingerprint density at radius 2 is 1.97 bits per heavy atom. The normalized spacial score (nSPS) is 14.6. The summed E-state index contributed by atoms with van der Waals surface area (Å²) in [5, 5.41) is 21.0. The van der Waals surface area contributed by atoms with Crippen LogP contribution in [-0.2, 0) is 9.59 Å². The van der Waals surface area contributed by atoms with E-state index in [0.29, 0.717) is 28.5 Å². The van der Waals surface area contributed by atoms with Gasteiger partial charge < -0.3 is 15.4 Å². The van der Waals surface area contributed by atoms with Crippen LogP contribution in [0.5, 0.6) is 5.75 Å². The number of hydrogen-bond donors (Lipinski definition) is 2. The van der Waals surface area contributed by atoms with E-state index in [1.807, 2.05) is 31.2 Å². The Bertz CT molecular complexity index is 1230. The Morgan fingerprint density at radius 1 is 1.25 bits per heavy atom. The molecule has 0 spiro atoms. The average Bonchev–Trinajstić information content (AvgIpc) is 3.23. The minimum atomic E-state index is -0.824. The molecule has 1 aliphatic rings. The van der Waals surface area contributed by atoms with Crippen molar-refractivity contribution in [1.29, 1.82) is 0 Å². The molecule has 32 heavy (non-hydrogen) atoms. The number of hydrogen-bond acceptors (Lipinski definition) is 6. The number of nitro benzene ring substituents is 1. The predicted octanol–water partition coefficient (Wildman–Crippen LogP) is 3.61. The number of aryl methyl sites for hydroxylation is 2. The highest BCUT2D eigenvalue weighted by molar-refractivity contribution is 6.04. The van der Waals surface area contributed by atoms with Crippen LogP contribution >= 0.6 is 0 Å². The molecule has 0 fully saturated rings. The highest BCUT2D eigenvalue weighted by atomic mass is 16.6. The summed E-state index contributed by atoms with van der Waals surface area (Å²) in [5.74, 6) is 0.459. The van der Waals surface area contributed by atoms with Gasteiger partial charge in [0.15, 0.2) is 0 Å². The van der Waals surface area contributed by atoms with E-state index in [2.05, 4.69) is 15.7 Å². The van der Waals surface area contributed by atoms with Gasteiger partial charge >= 0.3 is 0 Å². The SMILES string of the molecule is COc1ccc(-c2c(C)nn3c2NC(=O)C3CC(=O)Nc2cc([N+](=O)[O-])ccc2C)cc1. The van der Waals surface area contributed by atoms with Crippen LogP contribution in [0.4, 0.5) is 17.2 Å². The fraction of sp³-hybridized carbons (Fsp3) is 0.227. The van der Waals surface area contributed by atoms with E-state index in [-0.39, 0.29) is 18.0 Å². The van der Waals surface area contributed by atoms with Crippen molar-refractivity contribution in [3.63, 3.8) is 0 Å². The minimum Gasteiger partial charge on any atom is -0.497 e. The zero-order chi connectivity index (χ0) is 23.0. The molecule has 3 aromatic rings. The monoisotopic (exact) mass is 435 g/mol. The Balaban J connectivity index is 1.57. The molecule has 1 aromatic heterocycles. The fourth-order valence-corrected chi connectivity index (χ4v) is 3.72. The molecule has 0 bridgehead atoms. The smallest absolute Gasteiger partial charge is 0.271 e. The first-order valence-corrected chi connectivity index (χ1v) is 9.87. The number of nitro groups is 1. The molecule has 0 radical (unpaired) electrons. The average molecular weight is 435 g/mol. The third-order valence-corrected chi connectivity index (χ3v) is 5.39. The molecule has 1 unspecified atom stereocenters. The number of non-ortho nitro benzene ring substituents is 1. The van der Waals surface area contributed by atoms with Crippen molar-refractivity contribution >= 4 is 29.0 Å². The van der Waals surface area contributed by atoms with Crippen LogP contribution in [0, 0.1) is 24.0 Å². The van der Waals surface area contributed by atoms with Gasteiger partial charge in [0, 0.05) is 17.7 Å². The van der Waals surface area contributed by atoms with Gasteiger partial charge in [-0.05, 0) is 37.1 Å². The van der Waals surface area contributed by atoms with Gasteiger partial charge in [0.1, 0.15) is 17.6 Å². The van der Waals surface area contributed by atoms with Gasteiger partial charge in [0.05, 0.1) is 29.8 Å². The van der Waals surface area contributed by atoms with Crippen molar-refractivity contribution in [3.8, 4) is 16.9 Å². The Labute approximate surface area is 183 Å². The van der Waals surface area contributed by atoms with E-state index < -0.39 is 16.9 Å². The van der Waals surface area contributed by atoms with E-state index in [0.717, 1.165) is 11.1 Å². The number of benzene rings is 2. The second-order valence-electron chi connectivity index (χ2n) is 7.50. The van der Waals surface area contributed by atoms with Crippen LogP contribution in [0.3, 0.4) is 0 Å². The Kier molecular flexibility index (Phi) is 5.35. The predicted molar refractivity (Wildman–Crippen MR) is 118 cm³/mol. The number of nitrogens with zero attached hydrogens (tertiary/aromatic N) is 3. The minimum absolute atomic E-state index is 0.126. The maximum atomic E-state index is 12.7. The van der Waals surface area contributed by atoms with Gasteiger partial charge in [-0.2, -0.15) is 5.10 Å². The third-order valence-electron chi connectivity index (χ3n) is 5.39. The number of carbonyl (C=O) groups excluding carboxylic acids is 2. The summed E-state index contributed by atoms with van der Waals surface area (Å²) in [6.45, 7) is 3.57. The maximum Gasteiger partial charge on any atom is 0.271 e.